The molecule has 0 saturated heterocycles. The van der Waals surface area contributed by atoms with E-state index in [-0.39, 0.29) is 16.8 Å². The van der Waals surface area contributed by atoms with E-state index in [1.54, 1.807) is 0 Å². The lowest BCUT2D eigenvalue weighted by molar-refractivity contribution is 1.76. The first kappa shape index (κ1) is 12.4. The second-order valence-electron chi connectivity index (χ2n) is 3.55. The summed E-state index contributed by atoms with van der Waals surface area (Å²) in [4.78, 5) is 0. The van der Waals surface area contributed by atoms with Gasteiger partial charge in [0, 0.05) is 16.8 Å². The fraction of sp³-hybridized carbons (Fsp3) is 0. The quantitative estimate of drug-likeness (QED) is 0.385. The largest absolute Gasteiger partial charge is 0.0616 e. The van der Waals surface area contributed by atoms with Gasteiger partial charge >= 0.3 is 0 Å². The molecular formula is C14H10B2. The van der Waals surface area contributed by atoms with Gasteiger partial charge in [-0.25, -0.2) is 0 Å². The minimum Gasteiger partial charge on any atom is -0.0616 e. The highest BCUT2D eigenvalue weighted by Crippen LogP contribution is 2.21. The predicted octanol–water partition coefficient (Wildman–Crippen LogP) is 3.23. The first-order chi connectivity index (χ1) is 6.93. The molecule has 0 spiro atoms. The Hall–Kier alpha value is -1.69. The number of hydrogen-bond acceptors (Lipinski definition) is 0. The highest BCUT2D eigenvalue weighted by molar-refractivity contribution is 5.98. The van der Waals surface area contributed by atoms with Crippen LogP contribution < -0.4 is 0 Å². The fourth-order valence-electron chi connectivity index (χ4n) is 1.88. The molecule has 72 valence electrons. The van der Waals surface area contributed by atoms with Crippen LogP contribution in [0.15, 0.2) is 60.7 Å². The Balaban J connectivity index is 0.000000640. The van der Waals surface area contributed by atoms with E-state index in [4.69, 9.17) is 0 Å². The van der Waals surface area contributed by atoms with E-state index in [9.17, 15) is 0 Å². The van der Waals surface area contributed by atoms with Crippen LogP contribution in [0.1, 0.15) is 0 Å². The molecule has 0 atom stereocenters. The summed E-state index contributed by atoms with van der Waals surface area (Å²) >= 11 is 0. The summed E-state index contributed by atoms with van der Waals surface area (Å²) in [6.45, 7) is 0. The third kappa shape index (κ3) is 1.96. The lowest BCUT2D eigenvalue weighted by atomic mass is 10.0. The van der Waals surface area contributed by atoms with Crippen LogP contribution in [0.2, 0.25) is 0 Å². The third-order valence-electron chi connectivity index (χ3n) is 2.61. The van der Waals surface area contributed by atoms with Gasteiger partial charge in [-0.3, -0.25) is 0 Å². The summed E-state index contributed by atoms with van der Waals surface area (Å²) in [7, 11) is 0. The van der Waals surface area contributed by atoms with Crippen LogP contribution in [0, 0.1) is 0 Å². The fourth-order valence-corrected chi connectivity index (χ4v) is 1.88. The summed E-state index contributed by atoms with van der Waals surface area (Å²) in [6.07, 6.45) is 0. The predicted molar refractivity (Wildman–Crippen MR) is 73.0 cm³/mol. The summed E-state index contributed by atoms with van der Waals surface area (Å²) < 4.78 is 0. The molecule has 0 aliphatic carbocycles. The Morgan fingerprint density at radius 1 is 0.438 bits per heavy atom. The maximum absolute atomic E-state index is 2.24. The second-order valence-corrected chi connectivity index (χ2v) is 3.55. The van der Waals surface area contributed by atoms with Crippen molar-refractivity contribution in [1.29, 1.82) is 0 Å². The van der Waals surface area contributed by atoms with Gasteiger partial charge in [0.1, 0.15) is 0 Å². The van der Waals surface area contributed by atoms with E-state index in [1.165, 1.54) is 21.5 Å². The minimum atomic E-state index is 0. The molecule has 0 N–H and O–H groups in total. The molecule has 3 aromatic rings. The van der Waals surface area contributed by atoms with Gasteiger partial charge in [0.2, 0.25) is 0 Å². The zero-order chi connectivity index (χ0) is 9.38. The maximum Gasteiger partial charge on any atom is 0 e. The number of hydrogen-bond donors (Lipinski definition) is 0. The Morgan fingerprint density at radius 2 is 0.688 bits per heavy atom. The normalized spacial score (nSPS) is 9.50. The van der Waals surface area contributed by atoms with Crippen LogP contribution in [0.5, 0.6) is 0 Å². The van der Waals surface area contributed by atoms with E-state index in [0.717, 1.165) is 0 Å². The third-order valence-corrected chi connectivity index (χ3v) is 2.61. The number of fused-ring (bicyclic) bond motifs is 2. The number of benzene rings is 3. The highest BCUT2D eigenvalue weighted by atomic mass is 14.0. The van der Waals surface area contributed by atoms with Crippen molar-refractivity contribution in [3.63, 3.8) is 0 Å². The lowest BCUT2D eigenvalue weighted by Crippen LogP contribution is -1.74. The molecule has 0 nitrogen and oxygen atoms in total. The zero-order valence-corrected chi connectivity index (χ0v) is 8.93. The molecule has 0 heterocycles. The van der Waals surface area contributed by atoms with Crippen molar-refractivity contribution in [3.05, 3.63) is 60.7 Å². The van der Waals surface area contributed by atoms with Crippen molar-refractivity contribution >= 4 is 38.4 Å². The molecule has 3 rings (SSSR count). The van der Waals surface area contributed by atoms with E-state index >= 15 is 0 Å². The van der Waals surface area contributed by atoms with Crippen LogP contribution in [0.3, 0.4) is 0 Å². The van der Waals surface area contributed by atoms with Crippen LogP contribution in [-0.2, 0) is 0 Å². The zero-order valence-electron chi connectivity index (χ0n) is 8.93. The molecule has 2 heteroatoms. The monoisotopic (exact) mass is 200 g/mol. The van der Waals surface area contributed by atoms with Crippen molar-refractivity contribution in [2.24, 2.45) is 0 Å². The molecule has 0 bridgehead atoms. The second kappa shape index (κ2) is 4.89. The van der Waals surface area contributed by atoms with E-state index in [2.05, 4.69) is 60.7 Å². The van der Waals surface area contributed by atoms with Gasteiger partial charge in [-0.15, -0.1) is 0 Å². The Bertz CT molecular complexity index is 497. The Kier molecular flexibility index (Phi) is 3.78. The van der Waals surface area contributed by atoms with Crippen molar-refractivity contribution in [1.82, 2.24) is 0 Å². The molecule has 6 radical (unpaired) electrons. The summed E-state index contributed by atoms with van der Waals surface area (Å²) in [5, 5.41) is 5.25. The van der Waals surface area contributed by atoms with Crippen molar-refractivity contribution < 1.29 is 0 Å². The SMILES string of the molecule is [B].[B].c1ccc2cc3ccccc3cc2c1. The number of rotatable bonds is 0. The van der Waals surface area contributed by atoms with Crippen LogP contribution in [-0.4, -0.2) is 16.8 Å². The van der Waals surface area contributed by atoms with Crippen LogP contribution in [0.25, 0.3) is 21.5 Å². The van der Waals surface area contributed by atoms with Crippen LogP contribution >= 0.6 is 0 Å². The molecule has 0 saturated carbocycles. The molecule has 0 fully saturated rings. The van der Waals surface area contributed by atoms with Gasteiger partial charge in [0.15, 0.2) is 0 Å². The molecule has 0 unspecified atom stereocenters. The van der Waals surface area contributed by atoms with Crippen LogP contribution in [0.4, 0.5) is 0 Å². The summed E-state index contributed by atoms with van der Waals surface area (Å²) in [5.74, 6) is 0. The molecular weight excluding hydrogens is 190 g/mol. The average Bonchev–Trinajstić information content (AvgIpc) is 2.26. The molecule has 0 aliphatic rings. The molecule has 0 aliphatic heterocycles. The highest BCUT2D eigenvalue weighted by Gasteiger charge is 1.95. The van der Waals surface area contributed by atoms with E-state index < -0.39 is 0 Å². The van der Waals surface area contributed by atoms with Gasteiger partial charge in [-0.05, 0) is 33.7 Å². The lowest BCUT2D eigenvalue weighted by Gasteiger charge is -2.00. The maximum atomic E-state index is 2.24. The first-order valence-electron chi connectivity index (χ1n) is 4.81. The standard InChI is InChI=1S/C14H10.2B/c1-2-6-12-10-14-8-4-3-7-13(14)9-11(12)5-1;;/h1-10H;;. The van der Waals surface area contributed by atoms with E-state index in [1.807, 2.05) is 0 Å². The summed E-state index contributed by atoms with van der Waals surface area (Å²) in [5.41, 5.74) is 0. The van der Waals surface area contributed by atoms with Gasteiger partial charge in [0.05, 0.1) is 0 Å². The van der Waals surface area contributed by atoms with E-state index in [0.29, 0.717) is 0 Å². The smallest absolute Gasteiger partial charge is 0 e. The summed E-state index contributed by atoms with van der Waals surface area (Å²) in [6, 6.07) is 21.4. The molecule has 0 aromatic heterocycles. The average molecular weight is 200 g/mol. The topological polar surface area (TPSA) is 0 Å². The van der Waals surface area contributed by atoms with Crippen molar-refractivity contribution in [2.45, 2.75) is 0 Å². The van der Waals surface area contributed by atoms with Crippen molar-refractivity contribution in [3.8, 4) is 0 Å². The molecule has 16 heavy (non-hydrogen) atoms. The Labute approximate surface area is 99.4 Å². The molecule has 0 amide bonds. The van der Waals surface area contributed by atoms with Gasteiger partial charge in [0.25, 0.3) is 0 Å². The minimum absolute atomic E-state index is 0. The van der Waals surface area contributed by atoms with Gasteiger partial charge in [-0.2, -0.15) is 0 Å². The van der Waals surface area contributed by atoms with Gasteiger partial charge in [-0.1, -0.05) is 48.5 Å². The molecule has 3 aromatic carbocycles. The van der Waals surface area contributed by atoms with Gasteiger partial charge < -0.3 is 0 Å². The van der Waals surface area contributed by atoms with Crippen molar-refractivity contribution in [2.75, 3.05) is 0 Å². The Morgan fingerprint density at radius 3 is 0.938 bits per heavy atom. The first-order valence-corrected chi connectivity index (χ1v) is 4.81.